The molecule has 0 amide bonds. The van der Waals surface area contributed by atoms with E-state index in [1.807, 2.05) is 11.6 Å². The number of carboxylic acid groups (broad SMARTS) is 1. The summed E-state index contributed by atoms with van der Waals surface area (Å²) < 4.78 is 1.89. The van der Waals surface area contributed by atoms with E-state index in [1.165, 1.54) is 6.33 Å². The van der Waals surface area contributed by atoms with E-state index in [9.17, 15) is 4.79 Å². The average Bonchev–Trinajstić information content (AvgIpc) is 2.76. The Bertz CT molecular complexity index is 765. The highest BCUT2D eigenvalue weighted by molar-refractivity contribution is 5.93. The second kappa shape index (κ2) is 4.16. The van der Waals surface area contributed by atoms with Crippen molar-refractivity contribution in [2.45, 2.75) is 0 Å². The molecule has 94 valence electrons. The van der Waals surface area contributed by atoms with Crippen molar-refractivity contribution in [1.29, 1.82) is 0 Å². The number of carboxylic acids is 1. The molecule has 1 N–H and O–H groups in total. The van der Waals surface area contributed by atoms with Gasteiger partial charge in [0.25, 0.3) is 0 Å². The van der Waals surface area contributed by atoms with Gasteiger partial charge in [-0.2, -0.15) is 0 Å². The van der Waals surface area contributed by atoms with Crippen LogP contribution in [-0.2, 0) is 7.05 Å². The molecular formula is C13H10N4O2. The molecular weight excluding hydrogens is 244 g/mol. The number of hydrogen-bond acceptors (Lipinski definition) is 4. The summed E-state index contributed by atoms with van der Waals surface area (Å²) in [6, 6.07) is 4.88. The fourth-order valence-corrected chi connectivity index (χ4v) is 2.01. The fraction of sp³-hybridized carbons (Fsp3) is 0.0769. The molecule has 1 aromatic carbocycles. The SMILES string of the molecule is Cn1c(-c2cncnc2)nc2cc(C(=O)O)ccc21. The van der Waals surface area contributed by atoms with Crippen LogP contribution >= 0.6 is 0 Å². The lowest BCUT2D eigenvalue weighted by Gasteiger charge is -2.00. The molecule has 0 aliphatic carbocycles. The van der Waals surface area contributed by atoms with Gasteiger partial charge in [0.1, 0.15) is 12.2 Å². The molecule has 0 aliphatic rings. The second-order valence-corrected chi connectivity index (χ2v) is 4.13. The van der Waals surface area contributed by atoms with Crippen LogP contribution in [0.5, 0.6) is 0 Å². The van der Waals surface area contributed by atoms with E-state index < -0.39 is 5.97 Å². The maximum Gasteiger partial charge on any atom is 0.335 e. The number of rotatable bonds is 2. The van der Waals surface area contributed by atoms with Crippen LogP contribution < -0.4 is 0 Å². The van der Waals surface area contributed by atoms with Crippen LogP contribution in [0.4, 0.5) is 0 Å². The largest absolute Gasteiger partial charge is 0.478 e. The number of hydrogen-bond donors (Lipinski definition) is 1. The van der Waals surface area contributed by atoms with Crippen molar-refractivity contribution in [2.24, 2.45) is 7.05 Å². The van der Waals surface area contributed by atoms with Crippen molar-refractivity contribution in [2.75, 3.05) is 0 Å². The predicted molar refractivity (Wildman–Crippen MR) is 68.7 cm³/mol. The smallest absolute Gasteiger partial charge is 0.335 e. The van der Waals surface area contributed by atoms with Gasteiger partial charge in [-0.25, -0.2) is 19.7 Å². The maximum absolute atomic E-state index is 11.0. The van der Waals surface area contributed by atoms with Crippen molar-refractivity contribution < 1.29 is 9.90 Å². The van der Waals surface area contributed by atoms with Gasteiger partial charge in [-0.05, 0) is 18.2 Å². The monoisotopic (exact) mass is 254 g/mol. The zero-order chi connectivity index (χ0) is 13.4. The third-order valence-electron chi connectivity index (χ3n) is 2.95. The predicted octanol–water partition coefficient (Wildman–Crippen LogP) is 1.73. The first kappa shape index (κ1) is 11.3. The van der Waals surface area contributed by atoms with Gasteiger partial charge in [-0.1, -0.05) is 0 Å². The first-order valence-electron chi connectivity index (χ1n) is 5.62. The lowest BCUT2D eigenvalue weighted by molar-refractivity contribution is 0.0697. The lowest BCUT2D eigenvalue weighted by Crippen LogP contribution is -1.96. The molecule has 0 unspecified atom stereocenters. The summed E-state index contributed by atoms with van der Waals surface area (Å²) in [4.78, 5) is 23.3. The van der Waals surface area contributed by atoms with Crippen LogP contribution in [0.15, 0.2) is 36.9 Å². The van der Waals surface area contributed by atoms with Gasteiger partial charge in [-0.3, -0.25) is 0 Å². The van der Waals surface area contributed by atoms with E-state index in [1.54, 1.807) is 30.6 Å². The zero-order valence-electron chi connectivity index (χ0n) is 10.1. The van der Waals surface area contributed by atoms with Crippen molar-refractivity contribution in [3.63, 3.8) is 0 Å². The minimum atomic E-state index is -0.961. The van der Waals surface area contributed by atoms with Crippen LogP contribution in [0.25, 0.3) is 22.4 Å². The van der Waals surface area contributed by atoms with E-state index in [4.69, 9.17) is 5.11 Å². The number of aromatic carboxylic acids is 1. The first-order chi connectivity index (χ1) is 9.16. The Kier molecular flexibility index (Phi) is 2.49. The Morgan fingerprint density at radius 3 is 2.68 bits per heavy atom. The highest BCUT2D eigenvalue weighted by Gasteiger charge is 2.12. The molecule has 0 aliphatic heterocycles. The van der Waals surface area contributed by atoms with E-state index in [0.29, 0.717) is 11.3 Å². The molecule has 6 nitrogen and oxygen atoms in total. The molecule has 0 bridgehead atoms. The molecule has 0 spiro atoms. The number of benzene rings is 1. The third-order valence-corrected chi connectivity index (χ3v) is 2.95. The van der Waals surface area contributed by atoms with Gasteiger partial charge < -0.3 is 9.67 Å². The number of aromatic nitrogens is 4. The molecule has 3 aromatic rings. The summed E-state index contributed by atoms with van der Waals surface area (Å²) in [5, 5.41) is 8.98. The third kappa shape index (κ3) is 1.83. The summed E-state index contributed by atoms with van der Waals surface area (Å²) >= 11 is 0. The van der Waals surface area contributed by atoms with Crippen molar-refractivity contribution in [3.8, 4) is 11.4 Å². The van der Waals surface area contributed by atoms with E-state index in [0.717, 1.165) is 11.1 Å². The van der Waals surface area contributed by atoms with E-state index >= 15 is 0 Å². The number of aryl methyl sites for hydroxylation is 1. The molecule has 3 rings (SSSR count). The Hall–Kier alpha value is -2.76. The quantitative estimate of drug-likeness (QED) is 0.753. The molecule has 0 saturated heterocycles. The molecule has 19 heavy (non-hydrogen) atoms. The highest BCUT2D eigenvalue weighted by atomic mass is 16.4. The van der Waals surface area contributed by atoms with E-state index in [-0.39, 0.29) is 5.56 Å². The van der Waals surface area contributed by atoms with Crippen LogP contribution in [0.1, 0.15) is 10.4 Å². The molecule has 2 aromatic heterocycles. The molecule has 2 heterocycles. The van der Waals surface area contributed by atoms with Gasteiger partial charge in [0, 0.05) is 19.4 Å². The van der Waals surface area contributed by atoms with Crippen LogP contribution in [0.3, 0.4) is 0 Å². The zero-order valence-corrected chi connectivity index (χ0v) is 10.1. The average molecular weight is 254 g/mol. The maximum atomic E-state index is 11.0. The summed E-state index contributed by atoms with van der Waals surface area (Å²) in [6.07, 6.45) is 4.80. The topological polar surface area (TPSA) is 80.9 Å². The Labute approximate surface area is 108 Å². The number of imidazole rings is 1. The summed E-state index contributed by atoms with van der Waals surface area (Å²) in [5.74, 6) is -0.254. The van der Waals surface area contributed by atoms with Gasteiger partial charge in [-0.15, -0.1) is 0 Å². The number of carbonyl (C=O) groups is 1. The number of fused-ring (bicyclic) bond motifs is 1. The van der Waals surface area contributed by atoms with Crippen LogP contribution in [0, 0.1) is 0 Å². The normalized spacial score (nSPS) is 10.8. The Morgan fingerprint density at radius 1 is 1.26 bits per heavy atom. The second-order valence-electron chi connectivity index (χ2n) is 4.13. The van der Waals surface area contributed by atoms with Crippen molar-refractivity contribution in [3.05, 3.63) is 42.5 Å². The summed E-state index contributed by atoms with van der Waals surface area (Å²) in [7, 11) is 1.87. The summed E-state index contributed by atoms with van der Waals surface area (Å²) in [6.45, 7) is 0. The molecule has 0 saturated carbocycles. The van der Waals surface area contributed by atoms with Crippen LogP contribution in [0.2, 0.25) is 0 Å². The molecule has 0 atom stereocenters. The Balaban J connectivity index is 2.23. The fourth-order valence-electron chi connectivity index (χ4n) is 2.01. The highest BCUT2D eigenvalue weighted by Crippen LogP contribution is 2.23. The minimum absolute atomic E-state index is 0.224. The first-order valence-corrected chi connectivity index (χ1v) is 5.62. The molecule has 0 radical (unpaired) electrons. The number of nitrogens with zero attached hydrogens (tertiary/aromatic N) is 4. The van der Waals surface area contributed by atoms with Gasteiger partial charge >= 0.3 is 5.97 Å². The van der Waals surface area contributed by atoms with Gasteiger partial charge in [0.2, 0.25) is 0 Å². The Morgan fingerprint density at radius 2 is 2.00 bits per heavy atom. The van der Waals surface area contributed by atoms with Gasteiger partial charge in [0.05, 0.1) is 22.2 Å². The summed E-state index contributed by atoms with van der Waals surface area (Å²) in [5.41, 5.74) is 2.52. The standard InChI is InChI=1S/C13H10N4O2/c1-17-11-3-2-8(13(18)19)4-10(11)16-12(17)9-5-14-7-15-6-9/h2-7H,1H3,(H,18,19). The lowest BCUT2D eigenvalue weighted by atomic mass is 10.2. The van der Waals surface area contributed by atoms with Crippen molar-refractivity contribution >= 4 is 17.0 Å². The van der Waals surface area contributed by atoms with E-state index in [2.05, 4.69) is 15.0 Å². The molecule has 6 heteroatoms. The molecule has 0 fully saturated rings. The minimum Gasteiger partial charge on any atom is -0.478 e. The van der Waals surface area contributed by atoms with Crippen LogP contribution in [-0.4, -0.2) is 30.6 Å². The van der Waals surface area contributed by atoms with Crippen molar-refractivity contribution in [1.82, 2.24) is 19.5 Å². The van der Waals surface area contributed by atoms with Gasteiger partial charge in [0.15, 0.2) is 0 Å².